The summed E-state index contributed by atoms with van der Waals surface area (Å²) in [5, 5.41) is 3.23. The first-order valence-electron chi connectivity index (χ1n) is 7.49. The number of hydrogen-bond acceptors (Lipinski definition) is 3. The fourth-order valence-electron chi connectivity index (χ4n) is 2.98. The van der Waals surface area contributed by atoms with Gasteiger partial charge in [0.15, 0.2) is 0 Å². The Labute approximate surface area is 111 Å². The van der Waals surface area contributed by atoms with Crippen LogP contribution in [0.1, 0.15) is 52.9 Å². The molecule has 2 rings (SSSR count). The average Bonchev–Trinajstić information content (AvgIpc) is 3.09. The van der Waals surface area contributed by atoms with E-state index in [1.807, 2.05) is 0 Å². The fraction of sp³-hybridized carbons (Fsp3) is 0.933. The van der Waals surface area contributed by atoms with E-state index >= 15 is 0 Å². The highest BCUT2D eigenvalue weighted by atomic mass is 16.5. The predicted octanol–water partition coefficient (Wildman–Crippen LogP) is 2.74. The van der Waals surface area contributed by atoms with Gasteiger partial charge in [-0.1, -0.05) is 27.2 Å². The molecule has 0 aromatic carbocycles. The molecule has 0 saturated heterocycles. The molecule has 0 aromatic heterocycles. The zero-order chi connectivity index (χ0) is 13.1. The molecule has 2 saturated carbocycles. The largest absolute Gasteiger partial charge is 0.461 e. The first-order valence-corrected chi connectivity index (χ1v) is 7.49. The lowest BCUT2D eigenvalue weighted by Gasteiger charge is -2.36. The van der Waals surface area contributed by atoms with Gasteiger partial charge in [-0.15, -0.1) is 0 Å². The van der Waals surface area contributed by atoms with Crippen molar-refractivity contribution in [3.05, 3.63) is 0 Å². The summed E-state index contributed by atoms with van der Waals surface area (Å²) in [7, 11) is 0. The molecule has 2 aliphatic carbocycles. The Morgan fingerprint density at radius 2 is 2.00 bits per heavy atom. The van der Waals surface area contributed by atoms with Gasteiger partial charge in [0.25, 0.3) is 0 Å². The zero-order valence-corrected chi connectivity index (χ0v) is 11.9. The number of rotatable bonds is 5. The van der Waals surface area contributed by atoms with E-state index in [1.54, 1.807) is 0 Å². The Morgan fingerprint density at radius 3 is 2.61 bits per heavy atom. The second kappa shape index (κ2) is 6.05. The zero-order valence-electron chi connectivity index (χ0n) is 11.9. The second-order valence-electron chi connectivity index (χ2n) is 6.51. The lowest BCUT2D eigenvalue weighted by molar-refractivity contribution is -0.154. The summed E-state index contributed by atoms with van der Waals surface area (Å²) in [6, 6.07) is 0.573. The number of nitrogens with one attached hydrogen (secondary N) is 1. The van der Waals surface area contributed by atoms with Crippen molar-refractivity contribution >= 4 is 5.97 Å². The molecular formula is C15H27NO2. The van der Waals surface area contributed by atoms with E-state index in [9.17, 15) is 4.79 Å². The summed E-state index contributed by atoms with van der Waals surface area (Å²) in [6.07, 6.45) is 6.08. The van der Waals surface area contributed by atoms with Crippen LogP contribution in [0.5, 0.6) is 0 Å². The molecule has 0 aliphatic heterocycles. The van der Waals surface area contributed by atoms with E-state index in [0.717, 1.165) is 6.42 Å². The van der Waals surface area contributed by atoms with Crippen LogP contribution in [0, 0.1) is 17.8 Å². The topological polar surface area (TPSA) is 38.3 Å². The van der Waals surface area contributed by atoms with E-state index in [0.29, 0.717) is 30.3 Å². The van der Waals surface area contributed by atoms with Crippen LogP contribution in [0.15, 0.2) is 0 Å². The minimum Gasteiger partial charge on any atom is -0.461 e. The molecule has 0 unspecified atom stereocenters. The van der Waals surface area contributed by atoms with Crippen LogP contribution in [-0.4, -0.2) is 24.7 Å². The molecule has 3 atom stereocenters. The van der Waals surface area contributed by atoms with Crippen LogP contribution >= 0.6 is 0 Å². The van der Waals surface area contributed by atoms with Gasteiger partial charge in [0.05, 0.1) is 6.54 Å². The summed E-state index contributed by atoms with van der Waals surface area (Å²) < 4.78 is 5.71. The molecule has 3 heteroatoms. The number of carbonyl (C=O) groups excluding carboxylic acids is 1. The van der Waals surface area contributed by atoms with Gasteiger partial charge in [0.2, 0.25) is 0 Å². The van der Waals surface area contributed by atoms with E-state index in [1.165, 1.54) is 25.7 Å². The van der Waals surface area contributed by atoms with Crippen molar-refractivity contribution in [2.75, 3.05) is 6.54 Å². The van der Waals surface area contributed by atoms with Gasteiger partial charge in [0, 0.05) is 6.04 Å². The van der Waals surface area contributed by atoms with Crippen molar-refractivity contribution < 1.29 is 9.53 Å². The van der Waals surface area contributed by atoms with Crippen molar-refractivity contribution in [3.8, 4) is 0 Å². The van der Waals surface area contributed by atoms with Gasteiger partial charge in [-0.05, 0) is 43.4 Å². The van der Waals surface area contributed by atoms with Gasteiger partial charge in [-0.25, -0.2) is 0 Å². The van der Waals surface area contributed by atoms with E-state index in [-0.39, 0.29) is 12.1 Å². The average molecular weight is 253 g/mol. The van der Waals surface area contributed by atoms with Gasteiger partial charge in [-0.2, -0.15) is 0 Å². The Morgan fingerprint density at radius 1 is 1.28 bits per heavy atom. The smallest absolute Gasteiger partial charge is 0.320 e. The minimum absolute atomic E-state index is 0.0633. The maximum Gasteiger partial charge on any atom is 0.320 e. The predicted molar refractivity (Wildman–Crippen MR) is 72.2 cm³/mol. The monoisotopic (exact) mass is 253 g/mol. The molecule has 0 amide bonds. The molecule has 0 heterocycles. The molecule has 1 N–H and O–H groups in total. The molecule has 0 aromatic rings. The number of esters is 1. The molecule has 3 nitrogen and oxygen atoms in total. The Bertz CT molecular complexity index is 286. The van der Waals surface area contributed by atoms with Gasteiger partial charge in [-0.3, -0.25) is 4.79 Å². The highest BCUT2D eigenvalue weighted by molar-refractivity contribution is 5.72. The highest BCUT2D eigenvalue weighted by Gasteiger charge is 2.33. The first-order chi connectivity index (χ1) is 8.56. The maximum atomic E-state index is 11.8. The normalized spacial score (nSPS) is 32.6. The summed E-state index contributed by atoms with van der Waals surface area (Å²) in [5.41, 5.74) is 0. The van der Waals surface area contributed by atoms with Crippen LogP contribution < -0.4 is 5.32 Å². The minimum atomic E-state index is -0.0633. The third-order valence-corrected chi connectivity index (χ3v) is 4.36. The standard InChI is InChI=1S/C15H27NO2/c1-10(2)13-7-4-11(3)8-14(13)18-15(17)9-16-12-5-6-12/h10-14,16H,4-9H2,1-3H3/t11-,13+,14-/m1/s1. The molecule has 0 radical (unpaired) electrons. The highest BCUT2D eigenvalue weighted by Crippen LogP contribution is 2.35. The fourth-order valence-corrected chi connectivity index (χ4v) is 2.98. The van der Waals surface area contributed by atoms with Crippen molar-refractivity contribution in [1.82, 2.24) is 5.32 Å². The third kappa shape index (κ3) is 3.98. The van der Waals surface area contributed by atoms with E-state index < -0.39 is 0 Å². The number of hydrogen-bond donors (Lipinski definition) is 1. The van der Waals surface area contributed by atoms with Gasteiger partial charge in [0.1, 0.15) is 6.10 Å². The van der Waals surface area contributed by atoms with Crippen molar-refractivity contribution in [1.29, 1.82) is 0 Å². The molecule has 104 valence electrons. The summed E-state index contributed by atoms with van der Waals surface area (Å²) in [6.45, 7) is 7.13. The quantitative estimate of drug-likeness (QED) is 0.766. The SMILES string of the molecule is CC(C)[C@@H]1CC[C@@H](C)C[C@H]1OC(=O)CNC1CC1. The van der Waals surface area contributed by atoms with Crippen LogP contribution in [-0.2, 0) is 9.53 Å². The molecule has 0 spiro atoms. The summed E-state index contributed by atoms with van der Waals surface area (Å²) >= 11 is 0. The molecule has 2 fully saturated rings. The van der Waals surface area contributed by atoms with Crippen LogP contribution in [0.3, 0.4) is 0 Å². The molecule has 18 heavy (non-hydrogen) atoms. The van der Waals surface area contributed by atoms with Gasteiger partial charge < -0.3 is 10.1 Å². The van der Waals surface area contributed by atoms with Crippen molar-refractivity contribution in [3.63, 3.8) is 0 Å². The Balaban J connectivity index is 1.80. The summed E-state index contributed by atoms with van der Waals surface area (Å²) in [5.74, 6) is 1.78. The van der Waals surface area contributed by atoms with E-state index in [4.69, 9.17) is 4.74 Å². The lowest BCUT2D eigenvalue weighted by Crippen LogP contribution is -2.38. The molecule has 0 bridgehead atoms. The molecular weight excluding hydrogens is 226 g/mol. The third-order valence-electron chi connectivity index (χ3n) is 4.36. The number of ether oxygens (including phenoxy) is 1. The van der Waals surface area contributed by atoms with Crippen LogP contribution in [0.25, 0.3) is 0 Å². The molecule has 2 aliphatic rings. The van der Waals surface area contributed by atoms with E-state index in [2.05, 4.69) is 26.1 Å². The van der Waals surface area contributed by atoms with Crippen molar-refractivity contribution in [2.24, 2.45) is 17.8 Å². The van der Waals surface area contributed by atoms with Crippen LogP contribution in [0.2, 0.25) is 0 Å². The maximum absolute atomic E-state index is 11.8. The van der Waals surface area contributed by atoms with Crippen molar-refractivity contribution in [2.45, 2.75) is 65.0 Å². The Kier molecular flexibility index (Phi) is 4.66. The second-order valence-corrected chi connectivity index (χ2v) is 6.51. The number of carbonyl (C=O) groups is 1. The van der Waals surface area contributed by atoms with Crippen LogP contribution in [0.4, 0.5) is 0 Å². The van der Waals surface area contributed by atoms with Gasteiger partial charge >= 0.3 is 5.97 Å². The lowest BCUT2D eigenvalue weighted by atomic mass is 9.75. The first kappa shape index (κ1) is 13.9. The summed E-state index contributed by atoms with van der Waals surface area (Å²) in [4.78, 5) is 11.8. The Hall–Kier alpha value is -0.570.